The zero-order chi connectivity index (χ0) is 50.0. The van der Waals surface area contributed by atoms with Crippen molar-refractivity contribution in [2.45, 2.75) is 59.2 Å². The summed E-state index contributed by atoms with van der Waals surface area (Å²) in [6, 6.07) is 30.2. The van der Waals surface area contributed by atoms with E-state index in [1.54, 1.807) is 90.3 Å². The summed E-state index contributed by atoms with van der Waals surface area (Å²) in [6.07, 6.45) is 6.62. The van der Waals surface area contributed by atoms with Crippen molar-refractivity contribution >= 4 is 98.3 Å². The van der Waals surface area contributed by atoms with Crippen LogP contribution in [0.25, 0.3) is 27.7 Å². The number of aromatic nitrogens is 5. The number of halogens is 2. The molecule has 0 radical (unpaired) electrons. The van der Waals surface area contributed by atoms with Crippen molar-refractivity contribution in [1.82, 2.24) is 35.6 Å². The molecule has 0 bridgehead atoms. The van der Waals surface area contributed by atoms with E-state index < -0.39 is 29.3 Å². The molecule has 70 heavy (non-hydrogen) atoms. The number of anilines is 6. The molecule has 1 aliphatic carbocycles. The lowest BCUT2D eigenvalue weighted by atomic mass is 10.0. The number of ether oxygens (including phenoxy) is 2. The molecule has 17 nitrogen and oxygen atoms in total. The van der Waals surface area contributed by atoms with E-state index in [0.717, 1.165) is 34.0 Å². The zero-order valence-corrected chi connectivity index (χ0v) is 40.7. The second-order valence-electron chi connectivity index (χ2n) is 17.7. The minimum Gasteiger partial charge on any atom is -0.444 e. The lowest BCUT2D eigenvalue weighted by Gasteiger charge is -2.19. The van der Waals surface area contributed by atoms with Gasteiger partial charge < -0.3 is 46.4 Å². The number of hydrogen-bond acceptors (Lipinski definition) is 12. The summed E-state index contributed by atoms with van der Waals surface area (Å²) in [7, 11) is 0. The molecule has 19 heteroatoms. The second kappa shape index (κ2) is 21.9. The number of para-hydroxylation sites is 1. The molecular weight excluding hydrogens is 934 g/mol. The molecule has 7 aromatic rings. The molecule has 3 heterocycles. The summed E-state index contributed by atoms with van der Waals surface area (Å²) in [5.74, 6) is -0.0447. The SMILES string of the molecule is CC(C)(C)OC(=O)NCC(=O)Nc1cccc(Nc2ncc(Cl)c(-c3c[nH]c4ccccc34)n2)c1.CC(C)(C)OC(=O)NCC(=O)Nc1cccc(Nc2ncc(Cl)c(C3=CCc4ccccc43)n2)c1. The molecule has 0 fully saturated rings. The van der Waals surface area contributed by atoms with Gasteiger partial charge in [0.1, 0.15) is 24.3 Å². The minimum absolute atomic E-state index is 0.215. The van der Waals surface area contributed by atoms with Crippen LogP contribution in [0.4, 0.5) is 44.2 Å². The number of aromatic amines is 1. The van der Waals surface area contributed by atoms with Crippen LogP contribution in [0, 0.1) is 0 Å². The Morgan fingerprint density at radius 2 is 1.11 bits per heavy atom. The number of carbonyl (C=O) groups is 4. The lowest BCUT2D eigenvalue weighted by molar-refractivity contribution is -0.116. The molecule has 360 valence electrons. The van der Waals surface area contributed by atoms with Gasteiger partial charge in [-0.1, -0.05) is 83.9 Å². The summed E-state index contributed by atoms with van der Waals surface area (Å²) in [4.78, 5) is 69.0. The van der Waals surface area contributed by atoms with Crippen LogP contribution in [-0.2, 0) is 25.5 Å². The van der Waals surface area contributed by atoms with Gasteiger partial charge in [0.05, 0.1) is 33.8 Å². The molecular formula is C51H51Cl2N11O6. The van der Waals surface area contributed by atoms with Crippen molar-refractivity contribution in [2.24, 2.45) is 0 Å². The number of rotatable bonds is 12. The predicted molar refractivity (Wildman–Crippen MR) is 274 cm³/mol. The number of nitrogens with one attached hydrogen (secondary N) is 7. The summed E-state index contributed by atoms with van der Waals surface area (Å²) >= 11 is 12.8. The maximum absolute atomic E-state index is 12.2. The third-order valence-corrected chi connectivity index (χ3v) is 10.4. The highest BCUT2D eigenvalue weighted by Crippen LogP contribution is 2.36. The Balaban J connectivity index is 0.000000206. The van der Waals surface area contributed by atoms with Gasteiger partial charge in [-0.15, -0.1) is 0 Å². The topological polar surface area (TPSA) is 226 Å². The molecule has 0 saturated heterocycles. The summed E-state index contributed by atoms with van der Waals surface area (Å²) in [6.45, 7) is 10.1. The molecule has 8 rings (SSSR count). The lowest BCUT2D eigenvalue weighted by Crippen LogP contribution is -2.37. The number of fused-ring (bicyclic) bond motifs is 2. The van der Waals surface area contributed by atoms with Gasteiger partial charge in [0.2, 0.25) is 23.7 Å². The smallest absolute Gasteiger partial charge is 0.408 e. The van der Waals surface area contributed by atoms with Gasteiger partial charge in [0, 0.05) is 51.0 Å². The maximum atomic E-state index is 12.2. The Hall–Kier alpha value is -8.02. The van der Waals surface area contributed by atoms with E-state index in [4.69, 9.17) is 32.7 Å². The predicted octanol–water partition coefficient (Wildman–Crippen LogP) is 10.8. The van der Waals surface area contributed by atoms with Gasteiger partial charge in [-0.25, -0.2) is 29.5 Å². The third-order valence-electron chi connectivity index (χ3n) is 9.81. The van der Waals surface area contributed by atoms with Gasteiger partial charge >= 0.3 is 12.2 Å². The number of allylic oxidation sites excluding steroid dienone is 1. The molecule has 3 aromatic heterocycles. The first-order valence-corrected chi connectivity index (χ1v) is 22.8. The Bertz CT molecular complexity index is 3090. The summed E-state index contributed by atoms with van der Waals surface area (Å²) in [5.41, 5.74) is 7.59. The number of H-pyrrole nitrogens is 1. The van der Waals surface area contributed by atoms with Crippen LogP contribution < -0.4 is 31.9 Å². The van der Waals surface area contributed by atoms with E-state index in [1.807, 2.05) is 54.7 Å². The highest BCUT2D eigenvalue weighted by Gasteiger charge is 2.21. The van der Waals surface area contributed by atoms with E-state index in [-0.39, 0.29) is 19.0 Å². The van der Waals surface area contributed by atoms with Crippen molar-refractivity contribution in [3.8, 4) is 11.3 Å². The number of benzene rings is 4. The molecule has 0 spiro atoms. The van der Waals surface area contributed by atoms with Crippen molar-refractivity contribution in [3.63, 3.8) is 0 Å². The quantitative estimate of drug-likeness (QED) is 0.0607. The zero-order valence-electron chi connectivity index (χ0n) is 39.2. The third kappa shape index (κ3) is 14.0. The average molecular weight is 985 g/mol. The first-order valence-electron chi connectivity index (χ1n) is 22.0. The molecule has 0 aliphatic heterocycles. The van der Waals surface area contributed by atoms with Crippen LogP contribution in [0.2, 0.25) is 10.0 Å². The maximum Gasteiger partial charge on any atom is 0.408 e. The summed E-state index contributed by atoms with van der Waals surface area (Å²) in [5, 5.41) is 18.5. The van der Waals surface area contributed by atoms with E-state index in [2.05, 4.69) is 75.0 Å². The van der Waals surface area contributed by atoms with Gasteiger partial charge in [-0.2, -0.15) is 0 Å². The van der Waals surface area contributed by atoms with Crippen LogP contribution in [0.1, 0.15) is 58.4 Å². The van der Waals surface area contributed by atoms with Crippen LogP contribution in [0.3, 0.4) is 0 Å². The van der Waals surface area contributed by atoms with E-state index in [9.17, 15) is 19.2 Å². The monoisotopic (exact) mass is 983 g/mol. The molecule has 1 aliphatic rings. The van der Waals surface area contributed by atoms with Gasteiger partial charge in [0.15, 0.2) is 0 Å². The molecule has 7 N–H and O–H groups in total. The largest absolute Gasteiger partial charge is 0.444 e. The van der Waals surface area contributed by atoms with Gasteiger partial charge in [-0.3, -0.25) is 9.59 Å². The van der Waals surface area contributed by atoms with Crippen LogP contribution in [0.15, 0.2) is 122 Å². The molecule has 0 unspecified atom stereocenters. The number of carbonyl (C=O) groups excluding carboxylic acids is 4. The molecule has 4 aromatic carbocycles. The van der Waals surface area contributed by atoms with E-state index in [0.29, 0.717) is 56.1 Å². The Kier molecular flexibility index (Phi) is 15.6. The fourth-order valence-electron chi connectivity index (χ4n) is 6.96. The van der Waals surface area contributed by atoms with Crippen molar-refractivity contribution < 1.29 is 28.7 Å². The first-order chi connectivity index (χ1) is 33.4. The van der Waals surface area contributed by atoms with Crippen molar-refractivity contribution in [3.05, 3.63) is 149 Å². The first kappa shape index (κ1) is 49.9. The van der Waals surface area contributed by atoms with E-state index in [1.165, 1.54) is 5.56 Å². The Morgan fingerprint density at radius 3 is 1.69 bits per heavy atom. The fraction of sp³-hybridized carbons (Fsp3) is 0.216. The highest BCUT2D eigenvalue weighted by molar-refractivity contribution is 6.33. The Labute approximate surface area is 414 Å². The van der Waals surface area contributed by atoms with Crippen LogP contribution >= 0.6 is 23.2 Å². The fourth-order valence-corrected chi connectivity index (χ4v) is 7.34. The highest BCUT2D eigenvalue weighted by atomic mass is 35.5. The second-order valence-corrected chi connectivity index (χ2v) is 18.5. The standard InChI is InChI=1S/C26H26ClN5O3.C25H25ClN6O3/c1-26(2,3)35-25(34)29-15-22(33)30-17-8-6-9-18(13-17)31-24-28-14-21(27)23(32-24)20-12-11-16-7-4-5-10-19(16)20;1-25(2,3)35-24(34)29-14-21(33)30-15-7-6-8-16(11-15)31-23-28-13-19(26)22(32-23)18-12-27-20-10-5-4-9-17(18)20/h4-10,12-14H,11,15H2,1-3H3,(H,29,34)(H,30,33)(H,28,31,32);4-13,27H,14H2,1-3H3,(H,29,34)(H,30,33)(H,28,31,32). The van der Waals surface area contributed by atoms with Gasteiger partial charge in [0.25, 0.3) is 0 Å². The van der Waals surface area contributed by atoms with E-state index >= 15 is 0 Å². The minimum atomic E-state index is -0.658. The number of amides is 4. The number of hydrogen-bond donors (Lipinski definition) is 7. The number of alkyl carbamates (subject to hydrolysis) is 2. The van der Waals surface area contributed by atoms with Crippen molar-refractivity contribution in [1.29, 1.82) is 0 Å². The molecule has 0 saturated carbocycles. The van der Waals surface area contributed by atoms with Crippen LogP contribution in [-0.4, -0.2) is 73.2 Å². The van der Waals surface area contributed by atoms with Crippen LogP contribution in [0.5, 0.6) is 0 Å². The summed E-state index contributed by atoms with van der Waals surface area (Å²) < 4.78 is 10.3. The Morgan fingerprint density at radius 1 is 0.614 bits per heavy atom. The van der Waals surface area contributed by atoms with Crippen molar-refractivity contribution in [2.75, 3.05) is 34.4 Å². The molecule has 0 atom stereocenters. The van der Waals surface area contributed by atoms with Gasteiger partial charge in [-0.05, 0) is 102 Å². The average Bonchev–Trinajstić information content (AvgIpc) is 3.93. The normalized spacial score (nSPS) is 11.8. The number of nitrogens with zero attached hydrogens (tertiary/aromatic N) is 4. The molecule has 4 amide bonds.